The molecule has 0 unspecified atom stereocenters. The lowest BCUT2D eigenvalue weighted by Gasteiger charge is -2.40. The van der Waals surface area contributed by atoms with Gasteiger partial charge in [0.1, 0.15) is 0 Å². The molecule has 2 fully saturated rings. The lowest BCUT2D eigenvalue weighted by Crippen LogP contribution is -2.40. The average molecular weight is 432 g/mol. The summed E-state index contributed by atoms with van der Waals surface area (Å²) in [5, 5.41) is 0. The van der Waals surface area contributed by atoms with Crippen LogP contribution in [0.5, 0.6) is 0 Å². The van der Waals surface area contributed by atoms with Gasteiger partial charge in [-0.3, -0.25) is 4.90 Å². The molecule has 2 aliphatic heterocycles. The Morgan fingerprint density at radius 3 is 2.47 bits per heavy atom. The third-order valence-electron chi connectivity index (χ3n) is 7.18. The van der Waals surface area contributed by atoms with Gasteiger partial charge >= 0.3 is 0 Å². The second-order valence-electron chi connectivity index (χ2n) is 9.35. The predicted molar refractivity (Wildman–Crippen MR) is 128 cm³/mol. The Hall–Kier alpha value is -2.93. The topological polar surface area (TPSA) is 76.1 Å². The Kier molecular flexibility index (Phi) is 5.83. The SMILES string of the molecule is C=C(C1CCN(Cc2cnc(N)nc2)CC1)N1CCC(n2cnc3cc(C)ccc32)CC1. The van der Waals surface area contributed by atoms with Crippen molar-refractivity contribution in [3.63, 3.8) is 0 Å². The van der Waals surface area contributed by atoms with Crippen molar-refractivity contribution in [2.45, 2.75) is 45.2 Å². The lowest BCUT2D eigenvalue weighted by molar-refractivity contribution is 0.154. The molecule has 0 atom stereocenters. The number of likely N-dealkylation sites (tertiary alicyclic amines) is 2. The first-order valence-electron chi connectivity index (χ1n) is 11.7. The van der Waals surface area contributed by atoms with Gasteiger partial charge in [-0.1, -0.05) is 12.6 Å². The summed E-state index contributed by atoms with van der Waals surface area (Å²) >= 11 is 0. The van der Waals surface area contributed by atoms with Crippen molar-refractivity contribution in [1.82, 2.24) is 29.3 Å². The van der Waals surface area contributed by atoms with Crippen molar-refractivity contribution in [2.75, 3.05) is 31.9 Å². The van der Waals surface area contributed by atoms with Gasteiger partial charge in [0.15, 0.2) is 0 Å². The van der Waals surface area contributed by atoms with Crippen molar-refractivity contribution in [3.8, 4) is 0 Å². The zero-order valence-corrected chi connectivity index (χ0v) is 19.0. The molecule has 2 aromatic heterocycles. The highest BCUT2D eigenvalue weighted by atomic mass is 15.2. The van der Waals surface area contributed by atoms with E-state index in [4.69, 9.17) is 5.73 Å². The van der Waals surface area contributed by atoms with Crippen LogP contribution in [0.2, 0.25) is 0 Å². The summed E-state index contributed by atoms with van der Waals surface area (Å²) in [7, 11) is 0. The van der Waals surface area contributed by atoms with Gasteiger partial charge in [-0.05, 0) is 63.4 Å². The molecule has 1 aromatic carbocycles. The van der Waals surface area contributed by atoms with E-state index in [0.717, 1.165) is 56.6 Å². The number of anilines is 1. The van der Waals surface area contributed by atoms with Crippen LogP contribution < -0.4 is 5.73 Å². The number of nitrogens with two attached hydrogens (primary N) is 1. The van der Waals surface area contributed by atoms with Crippen molar-refractivity contribution < 1.29 is 0 Å². The minimum atomic E-state index is 0.337. The molecule has 0 radical (unpaired) electrons. The molecule has 0 spiro atoms. The predicted octanol–water partition coefficient (Wildman–Crippen LogP) is 3.78. The summed E-state index contributed by atoms with van der Waals surface area (Å²) in [6.45, 7) is 11.9. The lowest BCUT2D eigenvalue weighted by atomic mass is 9.91. The number of piperidine rings is 2. The second kappa shape index (κ2) is 8.90. The standard InChI is InChI=1S/C25H33N7/c1-18-3-4-24-23(13-18)29-17-32(24)22-7-11-31(12-8-22)19(2)21-5-9-30(10-6-21)16-20-14-27-25(26)28-15-20/h3-4,13-15,17,21-22H,2,5-12,16H2,1H3,(H2,26,27,28). The van der Waals surface area contributed by atoms with E-state index in [0.29, 0.717) is 17.9 Å². The van der Waals surface area contributed by atoms with E-state index in [2.05, 4.69) is 61.0 Å². The van der Waals surface area contributed by atoms with Gasteiger partial charge in [-0.2, -0.15) is 0 Å². The molecule has 7 nitrogen and oxygen atoms in total. The molecule has 2 N–H and O–H groups in total. The highest BCUT2D eigenvalue weighted by Crippen LogP contribution is 2.32. The van der Waals surface area contributed by atoms with Gasteiger partial charge in [0, 0.05) is 55.2 Å². The summed E-state index contributed by atoms with van der Waals surface area (Å²) < 4.78 is 2.38. The maximum Gasteiger partial charge on any atom is 0.219 e. The number of rotatable bonds is 5. The Morgan fingerprint density at radius 2 is 1.75 bits per heavy atom. The normalized spacial score (nSPS) is 19.0. The second-order valence-corrected chi connectivity index (χ2v) is 9.35. The summed E-state index contributed by atoms with van der Waals surface area (Å²) in [6.07, 6.45) is 10.3. The quantitative estimate of drug-likeness (QED) is 0.663. The van der Waals surface area contributed by atoms with E-state index in [1.165, 1.54) is 29.6 Å². The number of fused-ring (bicyclic) bond motifs is 1. The Bertz CT molecular complexity index is 1070. The first kappa shape index (κ1) is 20.9. The molecule has 0 aliphatic carbocycles. The molecule has 32 heavy (non-hydrogen) atoms. The van der Waals surface area contributed by atoms with Gasteiger partial charge in [-0.25, -0.2) is 15.0 Å². The number of imidazole rings is 1. The first-order valence-corrected chi connectivity index (χ1v) is 11.7. The molecule has 4 heterocycles. The fraction of sp³-hybridized carbons (Fsp3) is 0.480. The van der Waals surface area contributed by atoms with Crippen molar-refractivity contribution in [1.29, 1.82) is 0 Å². The molecule has 2 saturated heterocycles. The van der Waals surface area contributed by atoms with Gasteiger partial charge < -0.3 is 15.2 Å². The smallest absolute Gasteiger partial charge is 0.219 e. The molecular formula is C25H33N7. The maximum absolute atomic E-state index is 5.59. The molecule has 7 heteroatoms. The van der Waals surface area contributed by atoms with Crippen LogP contribution in [0.3, 0.4) is 0 Å². The minimum absolute atomic E-state index is 0.337. The van der Waals surface area contributed by atoms with Gasteiger partial charge in [0.2, 0.25) is 5.95 Å². The van der Waals surface area contributed by atoms with E-state index in [9.17, 15) is 0 Å². The number of benzene rings is 1. The zero-order valence-electron chi connectivity index (χ0n) is 19.0. The third kappa shape index (κ3) is 4.35. The molecule has 0 saturated carbocycles. The summed E-state index contributed by atoms with van der Waals surface area (Å²) in [4.78, 5) is 17.9. The molecule has 168 valence electrons. The van der Waals surface area contributed by atoms with E-state index < -0.39 is 0 Å². The van der Waals surface area contributed by atoms with E-state index >= 15 is 0 Å². The van der Waals surface area contributed by atoms with Crippen LogP contribution in [0, 0.1) is 12.8 Å². The monoisotopic (exact) mass is 431 g/mol. The number of nitrogens with zero attached hydrogens (tertiary/aromatic N) is 6. The minimum Gasteiger partial charge on any atom is -0.375 e. The molecular weight excluding hydrogens is 398 g/mol. The van der Waals surface area contributed by atoms with Crippen LogP contribution in [0.1, 0.15) is 42.9 Å². The Morgan fingerprint density at radius 1 is 1.03 bits per heavy atom. The summed E-state index contributed by atoms with van der Waals surface area (Å²) in [5.74, 6) is 0.923. The molecule has 5 rings (SSSR count). The summed E-state index contributed by atoms with van der Waals surface area (Å²) in [6, 6.07) is 7.10. The van der Waals surface area contributed by atoms with Crippen LogP contribution in [-0.2, 0) is 6.54 Å². The van der Waals surface area contributed by atoms with Crippen molar-refractivity contribution in [3.05, 3.63) is 60.3 Å². The van der Waals surface area contributed by atoms with Crippen molar-refractivity contribution in [2.24, 2.45) is 5.92 Å². The van der Waals surface area contributed by atoms with E-state index in [1.807, 2.05) is 18.7 Å². The Labute approximate surface area is 190 Å². The fourth-order valence-corrected chi connectivity index (χ4v) is 5.25. The third-order valence-corrected chi connectivity index (χ3v) is 7.18. The average Bonchev–Trinajstić information content (AvgIpc) is 3.24. The maximum atomic E-state index is 5.59. The number of aryl methyl sites for hydroxylation is 1. The first-order chi connectivity index (χ1) is 15.6. The largest absolute Gasteiger partial charge is 0.375 e. The number of aromatic nitrogens is 4. The highest BCUT2D eigenvalue weighted by molar-refractivity contribution is 5.76. The molecule has 2 aliphatic rings. The number of nitrogen functional groups attached to an aromatic ring is 1. The molecule has 3 aromatic rings. The van der Waals surface area contributed by atoms with Crippen LogP contribution in [0.25, 0.3) is 11.0 Å². The van der Waals surface area contributed by atoms with Crippen LogP contribution in [0.15, 0.2) is 49.2 Å². The van der Waals surface area contributed by atoms with E-state index in [1.54, 1.807) is 0 Å². The number of allylic oxidation sites excluding steroid dienone is 1. The molecule has 0 bridgehead atoms. The number of hydrogen-bond donors (Lipinski definition) is 1. The number of hydrogen-bond acceptors (Lipinski definition) is 6. The van der Waals surface area contributed by atoms with Crippen LogP contribution in [-0.4, -0.2) is 55.5 Å². The van der Waals surface area contributed by atoms with Crippen LogP contribution in [0.4, 0.5) is 5.95 Å². The van der Waals surface area contributed by atoms with Crippen LogP contribution >= 0.6 is 0 Å². The molecule has 0 amide bonds. The summed E-state index contributed by atoms with van der Waals surface area (Å²) in [5.41, 5.74) is 11.7. The van der Waals surface area contributed by atoms with Gasteiger partial charge in [-0.15, -0.1) is 0 Å². The Balaban J connectivity index is 1.13. The highest BCUT2D eigenvalue weighted by Gasteiger charge is 2.28. The van der Waals surface area contributed by atoms with Gasteiger partial charge in [0.25, 0.3) is 0 Å². The van der Waals surface area contributed by atoms with Gasteiger partial charge in [0.05, 0.1) is 17.4 Å². The van der Waals surface area contributed by atoms with E-state index in [-0.39, 0.29) is 0 Å². The van der Waals surface area contributed by atoms with Crippen molar-refractivity contribution >= 4 is 17.0 Å². The fourth-order valence-electron chi connectivity index (χ4n) is 5.25. The zero-order chi connectivity index (χ0) is 22.1.